The summed E-state index contributed by atoms with van der Waals surface area (Å²) in [5, 5.41) is 10.6. The fourth-order valence-electron chi connectivity index (χ4n) is 6.93. The van der Waals surface area contributed by atoms with Crippen molar-refractivity contribution in [3.8, 4) is 16.9 Å². The molecule has 1 unspecified atom stereocenters. The number of aliphatic carboxylic acids is 1. The highest BCUT2D eigenvalue weighted by Gasteiger charge is 2.37. The van der Waals surface area contributed by atoms with Gasteiger partial charge in [-0.1, -0.05) is 44.5 Å². The molecule has 0 bridgehead atoms. The summed E-state index contributed by atoms with van der Waals surface area (Å²) in [7, 11) is 0. The lowest BCUT2D eigenvalue weighted by Crippen LogP contribution is -2.39. The maximum absolute atomic E-state index is 13.3. The molecule has 2 saturated heterocycles. The summed E-state index contributed by atoms with van der Waals surface area (Å²) in [6.45, 7) is 18.2. The van der Waals surface area contributed by atoms with Crippen molar-refractivity contribution in [2.75, 3.05) is 50.8 Å². The number of pyridine rings is 1. The Balaban J connectivity index is 1.52. The lowest BCUT2D eigenvalue weighted by Gasteiger charge is -2.41. The summed E-state index contributed by atoms with van der Waals surface area (Å²) < 4.78 is 32.1. The fraction of sp³-hybridized carbons (Fsp3) is 0.561. The number of nitrogens with zero attached hydrogens (tertiary/aromatic N) is 3. The van der Waals surface area contributed by atoms with Crippen molar-refractivity contribution in [2.45, 2.75) is 98.4 Å². The molecule has 2 aliphatic rings. The maximum Gasteiger partial charge on any atom is 0.337 e. The third-order valence-electron chi connectivity index (χ3n) is 9.82. The van der Waals surface area contributed by atoms with Crippen LogP contribution in [-0.4, -0.2) is 72.5 Å². The molecule has 2 aliphatic heterocycles. The highest BCUT2D eigenvalue weighted by molar-refractivity contribution is 5.88. The molecular formula is C41H56FN3O5. The number of carbonyl (C=O) groups is 1. The largest absolute Gasteiger partial charge is 0.493 e. The van der Waals surface area contributed by atoms with E-state index in [1.807, 2.05) is 52.0 Å². The highest BCUT2D eigenvalue weighted by atomic mass is 19.1. The first-order chi connectivity index (χ1) is 23.8. The van der Waals surface area contributed by atoms with Crippen LogP contribution in [0.1, 0.15) is 95.3 Å². The van der Waals surface area contributed by atoms with Gasteiger partial charge in [-0.3, -0.25) is 4.98 Å². The second-order valence-electron chi connectivity index (χ2n) is 15.6. The molecule has 1 aromatic heterocycles. The lowest BCUT2D eigenvalue weighted by atomic mass is 9.81. The summed E-state index contributed by atoms with van der Waals surface area (Å²) in [6, 6.07) is 14.4. The number of piperidine rings is 2. The van der Waals surface area contributed by atoms with E-state index in [1.54, 1.807) is 12.1 Å². The van der Waals surface area contributed by atoms with Crippen LogP contribution in [0.15, 0.2) is 48.5 Å². The Bertz CT molecular complexity index is 1550. The molecule has 1 atom stereocenters. The molecule has 0 aliphatic carbocycles. The van der Waals surface area contributed by atoms with Crippen LogP contribution < -0.4 is 9.64 Å². The standard InChI is InChI=1S/C41H56FN3O5/c1-29-35(38(39(46)47)50-40(2,3)4)37(45-23-19-41(5,6)20-24-45)36(34(43-29)28-48-27-25-44-21-8-7-9-22-44)31-12-16-33(17-13-31)49-26-18-30-10-14-32(42)15-11-30/h10-17,38H,7-9,18-28H2,1-6H3,(H,46,47). The van der Waals surface area contributed by atoms with Crippen molar-refractivity contribution in [3.05, 3.63) is 76.9 Å². The van der Waals surface area contributed by atoms with Gasteiger partial charge >= 0.3 is 5.97 Å². The highest BCUT2D eigenvalue weighted by Crippen LogP contribution is 2.45. The monoisotopic (exact) mass is 689 g/mol. The zero-order valence-electron chi connectivity index (χ0n) is 30.9. The molecule has 5 rings (SSSR count). The van der Waals surface area contributed by atoms with Gasteiger partial charge in [0.1, 0.15) is 11.6 Å². The van der Waals surface area contributed by atoms with E-state index < -0.39 is 17.7 Å². The molecule has 9 heteroatoms. The zero-order valence-corrected chi connectivity index (χ0v) is 30.9. The molecule has 8 nitrogen and oxygen atoms in total. The number of carboxylic acid groups (broad SMARTS) is 1. The van der Waals surface area contributed by atoms with Crippen LogP contribution in [0, 0.1) is 18.2 Å². The van der Waals surface area contributed by atoms with Crippen LogP contribution in [0.5, 0.6) is 5.75 Å². The van der Waals surface area contributed by atoms with Gasteiger partial charge in [0.2, 0.25) is 0 Å². The van der Waals surface area contributed by atoms with Crippen LogP contribution in [0.2, 0.25) is 0 Å². The van der Waals surface area contributed by atoms with E-state index in [1.165, 1.54) is 31.4 Å². The smallest absolute Gasteiger partial charge is 0.337 e. The normalized spacial score (nSPS) is 17.5. The number of hydrogen-bond acceptors (Lipinski definition) is 7. The van der Waals surface area contributed by atoms with E-state index in [0.717, 1.165) is 79.4 Å². The molecule has 3 heterocycles. The summed E-state index contributed by atoms with van der Waals surface area (Å²) in [5.41, 5.74) is 5.19. The van der Waals surface area contributed by atoms with E-state index in [-0.39, 0.29) is 11.2 Å². The average molecular weight is 690 g/mol. The van der Waals surface area contributed by atoms with Gasteiger partial charge in [0, 0.05) is 42.9 Å². The SMILES string of the molecule is Cc1nc(COCCN2CCCCC2)c(-c2ccc(OCCc3ccc(F)cc3)cc2)c(N2CCC(C)(C)CC2)c1C(OC(C)(C)C)C(=O)O. The Morgan fingerprint density at radius 2 is 1.62 bits per heavy atom. The predicted octanol–water partition coefficient (Wildman–Crippen LogP) is 8.39. The molecule has 3 aromatic rings. The number of aromatic nitrogens is 1. The van der Waals surface area contributed by atoms with E-state index in [9.17, 15) is 14.3 Å². The van der Waals surface area contributed by atoms with Crippen LogP contribution >= 0.6 is 0 Å². The minimum absolute atomic E-state index is 0.195. The number of carboxylic acids is 1. The number of ether oxygens (including phenoxy) is 3. The number of halogens is 1. The molecule has 2 fully saturated rings. The second kappa shape index (κ2) is 16.7. The first-order valence-corrected chi connectivity index (χ1v) is 18.3. The number of aryl methyl sites for hydroxylation is 1. The quantitative estimate of drug-likeness (QED) is 0.169. The second-order valence-corrected chi connectivity index (χ2v) is 15.6. The van der Waals surface area contributed by atoms with E-state index in [4.69, 9.17) is 19.2 Å². The van der Waals surface area contributed by atoms with Gasteiger partial charge in [-0.05, 0) is 107 Å². The van der Waals surface area contributed by atoms with Crippen LogP contribution in [0.4, 0.5) is 10.1 Å². The van der Waals surface area contributed by atoms with E-state index in [2.05, 4.69) is 23.6 Å². The number of rotatable bonds is 14. The topological polar surface area (TPSA) is 84.4 Å². The Morgan fingerprint density at radius 1 is 0.960 bits per heavy atom. The average Bonchev–Trinajstić information content (AvgIpc) is 3.07. The number of likely N-dealkylation sites (tertiary alicyclic amines) is 1. The summed E-state index contributed by atoms with van der Waals surface area (Å²) >= 11 is 0. The van der Waals surface area contributed by atoms with Crippen molar-refractivity contribution in [2.24, 2.45) is 5.41 Å². The molecule has 0 radical (unpaired) electrons. The van der Waals surface area contributed by atoms with Crippen LogP contribution in [0.3, 0.4) is 0 Å². The Morgan fingerprint density at radius 3 is 2.24 bits per heavy atom. The van der Waals surface area contributed by atoms with Crippen molar-refractivity contribution in [1.82, 2.24) is 9.88 Å². The number of benzene rings is 2. The summed E-state index contributed by atoms with van der Waals surface area (Å²) in [4.78, 5) is 22.9. The number of anilines is 1. The van der Waals surface area contributed by atoms with E-state index >= 15 is 0 Å². The molecule has 0 amide bonds. The van der Waals surface area contributed by atoms with Crippen molar-refractivity contribution < 1.29 is 28.5 Å². The molecule has 272 valence electrons. The Hall–Kier alpha value is -3.53. The lowest BCUT2D eigenvalue weighted by molar-refractivity contribution is -0.160. The molecular weight excluding hydrogens is 633 g/mol. The number of hydrogen-bond donors (Lipinski definition) is 1. The fourth-order valence-corrected chi connectivity index (χ4v) is 6.93. The molecule has 2 aromatic carbocycles. The molecule has 0 saturated carbocycles. The minimum atomic E-state index is -1.20. The van der Waals surface area contributed by atoms with Gasteiger partial charge in [0.25, 0.3) is 0 Å². The van der Waals surface area contributed by atoms with Gasteiger partial charge in [-0.2, -0.15) is 0 Å². The van der Waals surface area contributed by atoms with E-state index in [0.29, 0.717) is 37.5 Å². The van der Waals surface area contributed by atoms with Crippen molar-refractivity contribution in [3.63, 3.8) is 0 Å². The molecule has 1 N–H and O–H groups in total. The van der Waals surface area contributed by atoms with Crippen molar-refractivity contribution >= 4 is 11.7 Å². The van der Waals surface area contributed by atoms with Gasteiger partial charge in [-0.15, -0.1) is 0 Å². The summed E-state index contributed by atoms with van der Waals surface area (Å²) in [6.07, 6.45) is 5.17. The molecule has 50 heavy (non-hydrogen) atoms. The van der Waals surface area contributed by atoms with Gasteiger partial charge in [0.05, 0.1) is 36.8 Å². The van der Waals surface area contributed by atoms with Gasteiger partial charge < -0.3 is 29.1 Å². The Kier molecular flexibility index (Phi) is 12.6. The summed E-state index contributed by atoms with van der Waals surface area (Å²) in [5.74, 6) is -0.570. The third-order valence-corrected chi connectivity index (χ3v) is 9.82. The third kappa shape index (κ3) is 10.3. The van der Waals surface area contributed by atoms with Crippen LogP contribution in [0.25, 0.3) is 11.1 Å². The van der Waals surface area contributed by atoms with Crippen molar-refractivity contribution in [1.29, 1.82) is 0 Å². The van der Waals surface area contributed by atoms with Gasteiger partial charge in [-0.25, -0.2) is 9.18 Å². The van der Waals surface area contributed by atoms with Gasteiger partial charge in [0.15, 0.2) is 6.10 Å². The maximum atomic E-state index is 13.3. The first kappa shape index (κ1) is 37.7. The zero-order chi connectivity index (χ0) is 35.9. The molecule has 0 spiro atoms. The van der Waals surface area contributed by atoms with Crippen LogP contribution in [-0.2, 0) is 27.3 Å². The minimum Gasteiger partial charge on any atom is -0.493 e. The Labute approximate surface area is 297 Å². The predicted molar refractivity (Wildman–Crippen MR) is 196 cm³/mol. The first-order valence-electron chi connectivity index (χ1n) is 18.3.